The van der Waals surface area contributed by atoms with Crippen LogP contribution in [0.15, 0.2) is 18.2 Å². The van der Waals surface area contributed by atoms with Crippen LogP contribution in [0.2, 0.25) is 0 Å². The maximum atomic E-state index is 3.64. The van der Waals surface area contributed by atoms with E-state index in [-0.39, 0.29) is 0 Å². The predicted octanol–water partition coefficient (Wildman–Crippen LogP) is 2.18. The normalized spacial score (nSPS) is 27.6. The molecule has 0 aromatic heterocycles. The second-order valence-electron chi connectivity index (χ2n) is 5.36. The van der Waals surface area contributed by atoms with Gasteiger partial charge in [-0.3, -0.25) is 0 Å². The van der Waals surface area contributed by atoms with E-state index >= 15 is 0 Å². The van der Waals surface area contributed by atoms with Crippen molar-refractivity contribution < 1.29 is 0 Å². The van der Waals surface area contributed by atoms with E-state index in [1.807, 2.05) is 0 Å². The Kier molecular flexibility index (Phi) is 2.70. The fourth-order valence-corrected chi connectivity index (χ4v) is 2.79. The minimum Gasteiger partial charge on any atom is -0.310 e. The first-order valence-electron chi connectivity index (χ1n) is 6.36. The lowest BCUT2D eigenvalue weighted by Crippen LogP contribution is -2.39. The molecule has 2 heteroatoms. The molecule has 2 aliphatic rings. The Balaban J connectivity index is 1.58. The Hall–Kier alpha value is -0.860. The molecule has 0 unspecified atom stereocenters. The van der Waals surface area contributed by atoms with Crippen molar-refractivity contribution in [1.29, 1.82) is 0 Å². The molecule has 0 atom stereocenters. The molecule has 0 amide bonds. The topological polar surface area (TPSA) is 24.1 Å². The maximum absolute atomic E-state index is 3.64. The lowest BCUT2D eigenvalue weighted by molar-refractivity contribution is 0.240. The van der Waals surface area contributed by atoms with Crippen molar-refractivity contribution in [2.75, 3.05) is 0 Å². The van der Waals surface area contributed by atoms with Gasteiger partial charge in [0.05, 0.1) is 0 Å². The summed E-state index contributed by atoms with van der Waals surface area (Å²) in [6.07, 6.45) is 2.71. The molecule has 16 heavy (non-hydrogen) atoms. The van der Waals surface area contributed by atoms with Gasteiger partial charge in [0.2, 0.25) is 0 Å². The van der Waals surface area contributed by atoms with Gasteiger partial charge in [-0.1, -0.05) is 25.1 Å². The highest BCUT2D eigenvalue weighted by molar-refractivity contribution is 5.34. The van der Waals surface area contributed by atoms with Gasteiger partial charge in [0, 0.05) is 25.7 Å². The maximum Gasteiger partial charge on any atom is 0.0212 e. The van der Waals surface area contributed by atoms with Crippen LogP contribution in [-0.2, 0) is 19.6 Å². The van der Waals surface area contributed by atoms with Crippen molar-refractivity contribution in [2.45, 2.75) is 45.4 Å². The zero-order valence-corrected chi connectivity index (χ0v) is 9.92. The third-order valence-electron chi connectivity index (χ3n) is 3.87. The molecule has 1 aliphatic heterocycles. The lowest BCUT2D eigenvalue weighted by Gasteiger charge is -2.33. The first-order chi connectivity index (χ1) is 7.81. The second-order valence-corrected chi connectivity index (χ2v) is 5.36. The number of fused-ring (bicyclic) bond motifs is 1. The van der Waals surface area contributed by atoms with E-state index in [2.05, 4.69) is 35.8 Å². The first-order valence-corrected chi connectivity index (χ1v) is 6.36. The molecule has 3 rings (SSSR count). The molecular formula is C14H20N2. The highest BCUT2D eigenvalue weighted by atomic mass is 14.9. The molecule has 1 fully saturated rings. The lowest BCUT2D eigenvalue weighted by atomic mass is 9.82. The van der Waals surface area contributed by atoms with Crippen LogP contribution in [0.3, 0.4) is 0 Å². The van der Waals surface area contributed by atoms with Crippen LogP contribution < -0.4 is 10.6 Å². The Labute approximate surface area is 97.4 Å². The molecule has 0 radical (unpaired) electrons. The Bertz CT molecular complexity index is 380. The van der Waals surface area contributed by atoms with Crippen LogP contribution in [0.4, 0.5) is 0 Å². The molecule has 1 aromatic carbocycles. The van der Waals surface area contributed by atoms with E-state index < -0.39 is 0 Å². The smallest absolute Gasteiger partial charge is 0.0212 e. The summed E-state index contributed by atoms with van der Waals surface area (Å²) in [5, 5.41) is 7.02. The molecule has 0 saturated heterocycles. The number of nitrogens with one attached hydrogen (secondary N) is 2. The first kappa shape index (κ1) is 10.3. The summed E-state index contributed by atoms with van der Waals surface area (Å²) in [6, 6.07) is 7.66. The van der Waals surface area contributed by atoms with Crippen molar-refractivity contribution in [1.82, 2.24) is 10.6 Å². The molecule has 2 nitrogen and oxygen atoms in total. The average molecular weight is 216 g/mol. The van der Waals surface area contributed by atoms with E-state index in [0.717, 1.165) is 31.6 Å². The van der Waals surface area contributed by atoms with Crippen molar-refractivity contribution in [3.8, 4) is 0 Å². The summed E-state index contributed by atoms with van der Waals surface area (Å²) in [4.78, 5) is 0. The van der Waals surface area contributed by atoms with E-state index in [1.54, 1.807) is 0 Å². The predicted molar refractivity (Wildman–Crippen MR) is 66.0 cm³/mol. The summed E-state index contributed by atoms with van der Waals surface area (Å²) in [5.41, 5.74) is 4.39. The van der Waals surface area contributed by atoms with Crippen LogP contribution in [0.5, 0.6) is 0 Å². The molecule has 0 spiro atoms. The minimum absolute atomic E-state index is 0.765. The number of hydrogen-bond donors (Lipinski definition) is 2. The van der Waals surface area contributed by atoms with Gasteiger partial charge < -0.3 is 10.6 Å². The fourth-order valence-electron chi connectivity index (χ4n) is 2.79. The van der Waals surface area contributed by atoms with Crippen LogP contribution in [0, 0.1) is 5.92 Å². The van der Waals surface area contributed by atoms with E-state index in [0.29, 0.717) is 0 Å². The molecule has 0 bridgehead atoms. The number of rotatable bonds is 3. The number of hydrogen-bond acceptors (Lipinski definition) is 2. The molecular weight excluding hydrogens is 196 g/mol. The molecule has 1 aromatic rings. The Morgan fingerprint density at radius 1 is 1.25 bits per heavy atom. The van der Waals surface area contributed by atoms with Crippen molar-refractivity contribution in [3.05, 3.63) is 34.9 Å². The summed E-state index contributed by atoms with van der Waals surface area (Å²) in [7, 11) is 0. The largest absolute Gasteiger partial charge is 0.310 e. The monoisotopic (exact) mass is 216 g/mol. The van der Waals surface area contributed by atoms with Gasteiger partial charge in [0.1, 0.15) is 0 Å². The van der Waals surface area contributed by atoms with E-state index in [1.165, 1.54) is 29.5 Å². The third-order valence-corrected chi connectivity index (χ3v) is 3.87. The van der Waals surface area contributed by atoms with Crippen LogP contribution in [-0.4, -0.2) is 6.04 Å². The summed E-state index contributed by atoms with van der Waals surface area (Å²) < 4.78 is 0. The minimum atomic E-state index is 0.765. The van der Waals surface area contributed by atoms with E-state index in [9.17, 15) is 0 Å². The van der Waals surface area contributed by atoms with Gasteiger partial charge in [0.25, 0.3) is 0 Å². The van der Waals surface area contributed by atoms with E-state index in [4.69, 9.17) is 0 Å². The van der Waals surface area contributed by atoms with Crippen molar-refractivity contribution in [2.24, 2.45) is 5.92 Å². The van der Waals surface area contributed by atoms with Gasteiger partial charge in [-0.15, -0.1) is 0 Å². The number of benzene rings is 1. The quantitative estimate of drug-likeness (QED) is 0.809. The SMILES string of the molecule is CC1CC(NCc2ccc3c(c2)CNC3)C1. The molecule has 2 N–H and O–H groups in total. The standard InChI is InChI=1S/C14H20N2/c1-10-4-14(5-10)16-7-11-2-3-12-8-15-9-13(12)6-11/h2-3,6,10,14-16H,4-5,7-9H2,1H3. The van der Waals surface area contributed by atoms with Gasteiger partial charge >= 0.3 is 0 Å². The summed E-state index contributed by atoms with van der Waals surface area (Å²) >= 11 is 0. The van der Waals surface area contributed by atoms with Crippen molar-refractivity contribution >= 4 is 0 Å². The van der Waals surface area contributed by atoms with Crippen LogP contribution in [0.25, 0.3) is 0 Å². The molecule has 86 valence electrons. The van der Waals surface area contributed by atoms with Gasteiger partial charge in [-0.2, -0.15) is 0 Å². The summed E-state index contributed by atoms with van der Waals surface area (Å²) in [5.74, 6) is 0.932. The van der Waals surface area contributed by atoms with Crippen LogP contribution in [0.1, 0.15) is 36.5 Å². The van der Waals surface area contributed by atoms with Gasteiger partial charge in [-0.25, -0.2) is 0 Å². The zero-order valence-electron chi connectivity index (χ0n) is 9.92. The van der Waals surface area contributed by atoms with Crippen molar-refractivity contribution in [3.63, 3.8) is 0 Å². The second kappa shape index (κ2) is 4.19. The molecule has 1 aliphatic carbocycles. The summed E-state index contributed by atoms with van der Waals surface area (Å²) in [6.45, 7) is 5.46. The Morgan fingerprint density at radius 2 is 2.06 bits per heavy atom. The Morgan fingerprint density at radius 3 is 2.88 bits per heavy atom. The van der Waals surface area contributed by atoms with Crippen LogP contribution >= 0.6 is 0 Å². The fraction of sp³-hybridized carbons (Fsp3) is 0.571. The van der Waals surface area contributed by atoms with Gasteiger partial charge in [-0.05, 0) is 35.4 Å². The zero-order chi connectivity index (χ0) is 11.0. The third kappa shape index (κ3) is 2.00. The highest BCUT2D eigenvalue weighted by Gasteiger charge is 2.24. The molecule has 1 saturated carbocycles. The molecule has 1 heterocycles. The highest BCUT2D eigenvalue weighted by Crippen LogP contribution is 2.26. The average Bonchev–Trinajstić information content (AvgIpc) is 2.69. The van der Waals surface area contributed by atoms with Gasteiger partial charge in [0.15, 0.2) is 0 Å².